The van der Waals surface area contributed by atoms with Crippen molar-refractivity contribution in [3.8, 4) is 23.7 Å². The second kappa shape index (κ2) is 7.48. The van der Waals surface area contributed by atoms with Crippen molar-refractivity contribution in [3.63, 3.8) is 0 Å². The Bertz CT molecular complexity index is 1060. The van der Waals surface area contributed by atoms with Gasteiger partial charge in [-0.05, 0) is 18.9 Å². The lowest BCUT2D eigenvalue weighted by atomic mass is 10.1. The summed E-state index contributed by atoms with van der Waals surface area (Å²) in [4.78, 5) is 25.8. The number of pyridine rings is 1. The van der Waals surface area contributed by atoms with Gasteiger partial charge in [0, 0.05) is 19.3 Å². The van der Waals surface area contributed by atoms with E-state index in [2.05, 4.69) is 20.1 Å². The number of ether oxygens (including phenoxy) is 1. The molecule has 1 saturated heterocycles. The summed E-state index contributed by atoms with van der Waals surface area (Å²) < 4.78 is 7.37. The average molecular weight is 379 g/mol. The largest absolute Gasteiger partial charge is 0.493 e. The molecule has 3 aromatic rings. The van der Waals surface area contributed by atoms with Crippen LogP contribution >= 0.6 is 0 Å². The topological polar surface area (TPSA) is 130 Å². The van der Waals surface area contributed by atoms with Gasteiger partial charge in [0.05, 0.1) is 41.6 Å². The molecule has 1 atom stereocenters. The predicted molar refractivity (Wildman–Crippen MR) is 96.4 cm³/mol. The summed E-state index contributed by atoms with van der Waals surface area (Å²) in [6, 6.07) is 3.51. The zero-order valence-corrected chi connectivity index (χ0v) is 14.9. The lowest BCUT2D eigenvalue weighted by Gasteiger charge is -2.32. The Kier molecular flexibility index (Phi) is 4.72. The first kappa shape index (κ1) is 17.7. The van der Waals surface area contributed by atoms with E-state index in [0.717, 1.165) is 12.8 Å². The number of amides is 1. The molecular weight excluding hydrogens is 362 g/mol. The minimum absolute atomic E-state index is 0.00358. The minimum atomic E-state index is -0.186. The SMILES string of the molecule is N#CCC(=O)N1CCC[C@H](n2cc(Oc3nc(O)c4ccncc4n3)cn2)C1. The molecule has 10 nitrogen and oxygen atoms in total. The van der Waals surface area contributed by atoms with Gasteiger partial charge < -0.3 is 14.7 Å². The van der Waals surface area contributed by atoms with Crippen molar-refractivity contribution in [1.29, 1.82) is 5.26 Å². The molecule has 4 heterocycles. The van der Waals surface area contributed by atoms with Gasteiger partial charge in [-0.1, -0.05) is 0 Å². The highest BCUT2D eigenvalue weighted by atomic mass is 16.5. The third-order valence-electron chi connectivity index (χ3n) is 4.60. The molecular formula is C18H17N7O3. The van der Waals surface area contributed by atoms with Crippen molar-refractivity contribution in [1.82, 2.24) is 29.6 Å². The molecule has 0 radical (unpaired) electrons. The van der Waals surface area contributed by atoms with Crippen LogP contribution in [0.5, 0.6) is 17.6 Å². The van der Waals surface area contributed by atoms with Crippen molar-refractivity contribution >= 4 is 16.8 Å². The Morgan fingerprint density at radius 3 is 3.14 bits per heavy atom. The van der Waals surface area contributed by atoms with Gasteiger partial charge >= 0.3 is 6.01 Å². The summed E-state index contributed by atoms with van der Waals surface area (Å²) in [5.74, 6) is 0.0707. The highest BCUT2D eigenvalue weighted by Gasteiger charge is 2.25. The Hall–Kier alpha value is -3.74. The Labute approximate surface area is 160 Å². The Balaban J connectivity index is 1.49. The first-order valence-electron chi connectivity index (χ1n) is 8.81. The van der Waals surface area contributed by atoms with Crippen LogP contribution in [0.15, 0.2) is 30.9 Å². The molecule has 0 saturated carbocycles. The number of hydrogen-bond donors (Lipinski definition) is 1. The van der Waals surface area contributed by atoms with E-state index < -0.39 is 0 Å². The monoisotopic (exact) mass is 379 g/mol. The maximum Gasteiger partial charge on any atom is 0.326 e. The van der Waals surface area contributed by atoms with E-state index in [1.165, 1.54) is 12.4 Å². The van der Waals surface area contributed by atoms with E-state index in [0.29, 0.717) is 29.7 Å². The number of carbonyl (C=O) groups is 1. The van der Waals surface area contributed by atoms with Crippen molar-refractivity contribution in [2.24, 2.45) is 0 Å². The summed E-state index contributed by atoms with van der Waals surface area (Å²) >= 11 is 0. The second-order valence-electron chi connectivity index (χ2n) is 6.45. The number of nitriles is 1. The molecule has 3 aromatic heterocycles. The third-order valence-corrected chi connectivity index (χ3v) is 4.60. The van der Waals surface area contributed by atoms with Crippen LogP contribution in [-0.2, 0) is 4.79 Å². The van der Waals surface area contributed by atoms with Crippen molar-refractivity contribution in [3.05, 3.63) is 30.9 Å². The fourth-order valence-corrected chi connectivity index (χ4v) is 3.24. The third kappa shape index (κ3) is 3.55. The molecule has 1 aliphatic heterocycles. The zero-order valence-electron chi connectivity index (χ0n) is 14.9. The number of piperidine rings is 1. The maximum absolute atomic E-state index is 12.0. The van der Waals surface area contributed by atoms with Crippen LogP contribution in [-0.4, -0.2) is 53.7 Å². The summed E-state index contributed by atoms with van der Waals surface area (Å²) in [5, 5.41) is 23.5. The summed E-state index contributed by atoms with van der Waals surface area (Å²) in [5.41, 5.74) is 0.469. The minimum Gasteiger partial charge on any atom is -0.493 e. The van der Waals surface area contributed by atoms with Crippen LogP contribution < -0.4 is 4.74 Å². The first-order valence-corrected chi connectivity index (χ1v) is 8.81. The molecule has 142 valence electrons. The lowest BCUT2D eigenvalue weighted by molar-refractivity contribution is -0.131. The number of aromatic hydroxyl groups is 1. The number of hydrogen-bond acceptors (Lipinski definition) is 8. The smallest absolute Gasteiger partial charge is 0.326 e. The summed E-state index contributed by atoms with van der Waals surface area (Å²) in [7, 11) is 0. The van der Waals surface area contributed by atoms with Gasteiger partial charge in [0.25, 0.3) is 0 Å². The van der Waals surface area contributed by atoms with E-state index in [4.69, 9.17) is 10.00 Å². The van der Waals surface area contributed by atoms with Crippen LogP contribution in [0, 0.1) is 11.3 Å². The standard InChI is InChI=1S/C18H17N7O3/c19-5-3-16(26)24-7-1-2-12(10-24)25-11-13(8-21-25)28-18-22-15-9-20-6-4-14(15)17(27)23-18/h4,6,8-9,11-12H,1-3,7,10H2,(H,22,23,27)/t12-/m0/s1. The second-order valence-corrected chi connectivity index (χ2v) is 6.45. The summed E-state index contributed by atoms with van der Waals surface area (Å²) in [6.45, 7) is 1.15. The first-order chi connectivity index (χ1) is 13.6. The molecule has 0 unspecified atom stereocenters. The van der Waals surface area contributed by atoms with Crippen molar-refractivity contribution < 1.29 is 14.6 Å². The number of likely N-dealkylation sites (tertiary alicyclic amines) is 1. The van der Waals surface area contributed by atoms with Crippen molar-refractivity contribution in [2.75, 3.05) is 13.1 Å². The van der Waals surface area contributed by atoms with Gasteiger partial charge in [-0.25, -0.2) is 0 Å². The molecule has 0 aliphatic carbocycles. The van der Waals surface area contributed by atoms with E-state index in [1.54, 1.807) is 28.0 Å². The molecule has 0 spiro atoms. The van der Waals surface area contributed by atoms with Gasteiger partial charge in [-0.3, -0.25) is 14.5 Å². The molecule has 1 aliphatic rings. The zero-order chi connectivity index (χ0) is 19.5. The van der Waals surface area contributed by atoms with Gasteiger partial charge in [-0.2, -0.15) is 20.3 Å². The predicted octanol–water partition coefficient (Wildman–Crippen LogP) is 1.80. The number of rotatable bonds is 4. The quantitative estimate of drug-likeness (QED) is 0.726. The lowest BCUT2D eigenvalue weighted by Crippen LogP contribution is -2.40. The van der Waals surface area contributed by atoms with Crippen molar-refractivity contribution in [2.45, 2.75) is 25.3 Å². The normalized spacial score (nSPS) is 16.7. The molecule has 4 rings (SSSR count). The number of carbonyl (C=O) groups excluding carboxylic acids is 1. The van der Waals surface area contributed by atoms with Crippen LogP contribution in [0.1, 0.15) is 25.3 Å². The fourth-order valence-electron chi connectivity index (χ4n) is 3.24. The van der Waals surface area contributed by atoms with Gasteiger partial charge in [0.1, 0.15) is 6.42 Å². The highest BCUT2D eigenvalue weighted by molar-refractivity contribution is 5.82. The molecule has 0 bridgehead atoms. The van der Waals surface area contributed by atoms with E-state index in [-0.39, 0.29) is 30.3 Å². The Morgan fingerprint density at radius 2 is 2.29 bits per heavy atom. The van der Waals surface area contributed by atoms with E-state index in [1.807, 2.05) is 6.07 Å². The van der Waals surface area contributed by atoms with Gasteiger partial charge in [-0.15, -0.1) is 0 Å². The highest BCUT2D eigenvalue weighted by Crippen LogP contribution is 2.27. The van der Waals surface area contributed by atoms with E-state index in [9.17, 15) is 9.90 Å². The molecule has 1 amide bonds. The van der Waals surface area contributed by atoms with Gasteiger partial charge in [0.2, 0.25) is 11.8 Å². The average Bonchev–Trinajstić information content (AvgIpc) is 3.17. The number of aromatic nitrogens is 5. The molecule has 1 N–H and O–H groups in total. The van der Waals surface area contributed by atoms with Crippen LogP contribution in [0.3, 0.4) is 0 Å². The van der Waals surface area contributed by atoms with E-state index >= 15 is 0 Å². The van der Waals surface area contributed by atoms with Gasteiger partial charge in [0.15, 0.2) is 5.75 Å². The fraction of sp³-hybridized carbons (Fsp3) is 0.333. The maximum atomic E-state index is 12.0. The molecule has 10 heteroatoms. The molecule has 1 fully saturated rings. The van der Waals surface area contributed by atoms with Crippen LogP contribution in [0.4, 0.5) is 0 Å². The Morgan fingerprint density at radius 1 is 1.39 bits per heavy atom. The van der Waals surface area contributed by atoms with Crippen LogP contribution in [0.2, 0.25) is 0 Å². The number of nitrogens with zero attached hydrogens (tertiary/aromatic N) is 7. The summed E-state index contributed by atoms with van der Waals surface area (Å²) in [6.07, 6.45) is 7.90. The molecule has 28 heavy (non-hydrogen) atoms. The molecule has 0 aromatic carbocycles. The van der Waals surface area contributed by atoms with Crippen LogP contribution in [0.25, 0.3) is 10.9 Å². The number of fused-ring (bicyclic) bond motifs is 1.